The molecule has 3 nitrogen and oxygen atoms in total. The first-order valence-electron chi connectivity index (χ1n) is 22.7. The number of hydrogen-bond acceptors (Lipinski definition) is 1. The van der Waals surface area contributed by atoms with Crippen LogP contribution in [0.15, 0.2) is 253 Å². The molecular formula is C63H45N3. The third-order valence-electron chi connectivity index (χ3n) is 13.2. The minimum absolute atomic E-state index is 0.549. The standard InChI is InChI=1S/C63H45N3/c1-43(46-20-14-22-48(38-46)45-18-3-2-4-19-45)58-41-51(50-24-16-26-53(40-50)66-62-33-11-7-29-56(62)57-30-8-12-34-63(57)66)35-36-59(58)64-42-44-17-13-21-47(37-44)49-23-15-25-52(39-49)65-60-31-9-5-27-54(60)55-28-6-10-32-61(55)65/h2-41H,42H2,1H3/b58-43+,64-59-. The lowest BCUT2D eigenvalue weighted by atomic mass is 9.89. The van der Waals surface area contributed by atoms with E-state index in [0.717, 1.165) is 39.4 Å². The van der Waals surface area contributed by atoms with Crippen LogP contribution in [0.25, 0.3) is 88.4 Å². The van der Waals surface area contributed by atoms with Gasteiger partial charge in [0, 0.05) is 38.5 Å². The van der Waals surface area contributed by atoms with Crippen LogP contribution in [0.4, 0.5) is 0 Å². The molecule has 12 rings (SSSR count). The van der Waals surface area contributed by atoms with Gasteiger partial charge in [-0.1, -0.05) is 170 Å². The van der Waals surface area contributed by atoms with Gasteiger partial charge in [-0.2, -0.15) is 0 Å². The molecule has 3 heteroatoms. The third kappa shape index (κ3) is 6.99. The summed E-state index contributed by atoms with van der Waals surface area (Å²) in [5, 5.41) is 5.04. The lowest BCUT2D eigenvalue weighted by Crippen LogP contribution is -2.06. The molecular weight excluding hydrogens is 799 g/mol. The predicted molar refractivity (Wildman–Crippen MR) is 280 cm³/mol. The first-order valence-corrected chi connectivity index (χ1v) is 22.7. The Bertz CT molecular complexity index is 3690. The Labute approximate surface area is 384 Å². The average Bonchev–Trinajstić information content (AvgIpc) is 3.91. The number of para-hydroxylation sites is 4. The second-order valence-electron chi connectivity index (χ2n) is 17.2. The Balaban J connectivity index is 0.916. The molecule has 11 aromatic rings. The first kappa shape index (κ1) is 39.1. The van der Waals surface area contributed by atoms with Crippen molar-refractivity contribution >= 4 is 60.5 Å². The Hall–Kier alpha value is -8.53. The Morgan fingerprint density at radius 2 is 0.848 bits per heavy atom. The number of fused-ring (bicyclic) bond motifs is 6. The Morgan fingerprint density at radius 1 is 0.394 bits per heavy atom. The van der Waals surface area contributed by atoms with Crippen LogP contribution in [0.5, 0.6) is 0 Å². The molecule has 0 bridgehead atoms. The van der Waals surface area contributed by atoms with E-state index in [4.69, 9.17) is 4.99 Å². The molecule has 9 aromatic carbocycles. The van der Waals surface area contributed by atoms with E-state index in [1.54, 1.807) is 0 Å². The fraction of sp³-hybridized carbons (Fsp3) is 0.0317. The zero-order valence-corrected chi connectivity index (χ0v) is 36.6. The summed E-state index contributed by atoms with van der Waals surface area (Å²) >= 11 is 0. The van der Waals surface area contributed by atoms with Crippen LogP contribution in [-0.4, -0.2) is 14.8 Å². The number of aliphatic imine (C=N–C) groups is 1. The van der Waals surface area contributed by atoms with Crippen molar-refractivity contribution in [2.75, 3.05) is 0 Å². The highest BCUT2D eigenvalue weighted by molar-refractivity contribution is 6.19. The maximum absolute atomic E-state index is 5.40. The van der Waals surface area contributed by atoms with E-state index in [1.807, 2.05) is 0 Å². The monoisotopic (exact) mass is 843 g/mol. The summed E-state index contributed by atoms with van der Waals surface area (Å²) in [6, 6.07) is 81.0. The van der Waals surface area contributed by atoms with Gasteiger partial charge in [0.15, 0.2) is 0 Å². The summed E-state index contributed by atoms with van der Waals surface area (Å²) in [6.07, 6.45) is 6.78. The summed E-state index contributed by atoms with van der Waals surface area (Å²) < 4.78 is 4.77. The van der Waals surface area contributed by atoms with Crippen molar-refractivity contribution in [3.8, 4) is 33.6 Å². The van der Waals surface area contributed by atoms with E-state index in [-0.39, 0.29) is 0 Å². The van der Waals surface area contributed by atoms with Crippen LogP contribution in [0.1, 0.15) is 23.6 Å². The summed E-state index contributed by atoms with van der Waals surface area (Å²) in [4.78, 5) is 5.40. The van der Waals surface area contributed by atoms with E-state index < -0.39 is 0 Å². The highest BCUT2D eigenvalue weighted by Crippen LogP contribution is 2.37. The SMILES string of the molecule is C/C(=C1/C=C(c2cccc(-n3c4ccccc4c4ccccc43)c2)C=C/C1=N/Cc1cccc(-c2cccc(-n3c4ccccc4c4ccccc43)c2)c1)c1cccc(-c2ccccc2)c1. The van der Waals surface area contributed by atoms with Gasteiger partial charge < -0.3 is 9.13 Å². The lowest BCUT2D eigenvalue weighted by molar-refractivity contribution is 1.07. The zero-order valence-electron chi connectivity index (χ0n) is 36.6. The Morgan fingerprint density at radius 3 is 1.44 bits per heavy atom. The molecule has 0 radical (unpaired) electrons. The molecule has 1 aliphatic rings. The Kier molecular flexibility index (Phi) is 9.80. The van der Waals surface area contributed by atoms with Crippen molar-refractivity contribution in [1.29, 1.82) is 0 Å². The number of allylic oxidation sites excluding steroid dienone is 6. The minimum atomic E-state index is 0.549. The molecule has 0 fully saturated rings. The van der Waals surface area contributed by atoms with Gasteiger partial charge in [0.1, 0.15) is 0 Å². The van der Waals surface area contributed by atoms with Crippen LogP contribution >= 0.6 is 0 Å². The molecule has 0 amide bonds. The largest absolute Gasteiger partial charge is 0.309 e. The summed E-state index contributed by atoms with van der Waals surface area (Å²) in [5.41, 5.74) is 19.8. The summed E-state index contributed by atoms with van der Waals surface area (Å²) in [7, 11) is 0. The van der Waals surface area contributed by atoms with E-state index in [0.29, 0.717) is 6.54 Å². The van der Waals surface area contributed by atoms with Crippen molar-refractivity contribution < 1.29 is 0 Å². The second kappa shape index (κ2) is 16.5. The number of rotatable bonds is 8. The smallest absolute Gasteiger partial charge is 0.0654 e. The van der Waals surface area contributed by atoms with Crippen molar-refractivity contribution in [1.82, 2.24) is 9.13 Å². The van der Waals surface area contributed by atoms with Gasteiger partial charge in [-0.25, -0.2) is 0 Å². The highest BCUT2D eigenvalue weighted by Gasteiger charge is 2.18. The molecule has 2 heterocycles. The van der Waals surface area contributed by atoms with E-state index in [2.05, 4.69) is 259 Å². The van der Waals surface area contributed by atoms with Crippen LogP contribution in [-0.2, 0) is 6.54 Å². The van der Waals surface area contributed by atoms with Crippen molar-refractivity contribution in [2.45, 2.75) is 13.5 Å². The molecule has 0 N–H and O–H groups in total. The number of benzene rings is 9. The molecule has 0 aliphatic heterocycles. The molecule has 0 atom stereocenters. The topological polar surface area (TPSA) is 22.2 Å². The molecule has 2 aromatic heterocycles. The number of aromatic nitrogens is 2. The predicted octanol–water partition coefficient (Wildman–Crippen LogP) is 16.3. The van der Waals surface area contributed by atoms with Gasteiger partial charge in [-0.3, -0.25) is 4.99 Å². The summed E-state index contributed by atoms with van der Waals surface area (Å²) in [6.45, 7) is 2.79. The molecule has 0 saturated heterocycles. The molecule has 0 unspecified atom stereocenters. The molecule has 312 valence electrons. The van der Waals surface area contributed by atoms with E-state index >= 15 is 0 Å². The molecule has 0 spiro atoms. The molecule has 1 aliphatic carbocycles. The third-order valence-corrected chi connectivity index (χ3v) is 13.2. The van der Waals surface area contributed by atoms with Gasteiger partial charge >= 0.3 is 0 Å². The van der Waals surface area contributed by atoms with E-state index in [1.165, 1.54) is 77.0 Å². The van der Waals surface area contributed by atoms with Gasteiger partial charge in [0.2, 0.25) is 0 Å². The zero-order chi connectivity index (χ0) is 44.0. The fourth-order valence-electron chi connectivity index (χ4n) is 9.95. The van der Waals surface area contributed by atoms with Gasteiger partial charge in [-0.15, -0.1) is 0 Å². The van der Waals surface area contributed by atoms with Crippen LogP contribution < -0.4 is 0 Å². The van der Waals surface area contributed by atoms with Gasteiger partial charge in [-0.05, 0) is 130 Å². The molecule has 66 heavy (non-hydrogen) atoms. The van der Waals surface area contributed by atoms with Gasteiger partial charge in [0.05, 0.1) is 34.3 Å². The van der Waals surface area contributed by atoms with Crippen molar-refractivity contribution in [3.05, 3.63) is 265 Å². The highest BCUT2D eigenvalue weighted by atomic mass is 15.0. The second-order valence-corrected chi connectivity index (χ2v) is 17.2. The number of nitrogens with zero attached hydrogens (tertiary/aromatic N) is 3. The van der Waals surface area contributed by atoms with E-state index in [9.17, 15) is 0 Å². The summed E-state index contributed by atoms with van der Waals surface area (Å²) in [5.74, 6) is 0. The maximum atomic E-state index is 5.40. The van der Waals surface area contributed by atoms with Crippen LogP contribution in [0.2, 0.25) is 0 Å². The quantitative estimate of drug-likeness (QED) is 0.145. The minimum Gasteiger partial charge on any atom is -0.309 e. The van der Waals surface area contributed by atoms with Gasteiger partial charge in [0.25, 0.3) is 0 Å². The molecule has 0 saturated carbocycles. The first-order chi connectivity index (χ1) is 32.6. The van der Waals surface area contributed by atoms with Crippen molar-refractivity contribution in [3.63, 3.8) is 0 Å². The number of hydrogen-bond donors (Lipinski definition) is 0. The van der Waals surface area contributed by atoms with Crippen LogP contribution in [0.3, 0.4) is 0 Å². The maximum Gasteiger partial charge on any atom is 0.0654 e. The normalized spacial score (nSPS) is 14.1. The van der Waals surface area contributed by atoms with Crippen LogP contribution in [0, 0.1) is 0 Å². The fourth-order valence-corrected chi connectivity index (χ4v) is 9.95. The van der Waals surface area contributed by atoms with Crippen molar-refractivity contribution in [2.24, 2.45) is 4.99 Å². The average molecular weight is 844 g/mol. The lowest BCUT2D eigenvalue weighted by Gasteiger charge is -2.18.